The molecule has 0 atom stereocenters. The van der Waals surface area contributed by atoms with Gasteiger partial charge in [0.05, 0.1) is 21.6 Å². The molecular formula is C21H20Cl2FN5O. The smallest absolute Gasteiger partial charge is 0.258 e. The van der Waals surface area contributed by atoms with E-state index in [0.717, 1.165) is 25.7 Å². The van der Waals surface area contributed by atoms with Crippen molar-refractivity contribution >= 4 is 51.8 Å². The number of aliphatic imine (C=N–C) groups is 1. The van der Waals surface area contributed by atoms with E-state index in [2.05, 4.69) is 20.8 Å². The molecule has 30 heavy (non-hydrogen) atoms. The van der Waals surface area contributed by atoms with E-state index < -0.39 is 0 Å². The summed E-state index contributed by atoms with van der Waals surface area (Å²) in [4.78, 5) is 17.5. The minimum absolute atomic E-state index is 0.109. The minimum Gasteiger partial charge on any atom is -0.309 e. The number of hydrogen-bond acceptors (Lipinski definition) is 3. The fourth-order valence-electron chi connectivity index (χ4n) is 3.50. The van der Waals surface area contributed by atoms with Crippen molar-refractivity contribution < 1.29 is 9.18 Å². The van der Waals surface area contributed by atoms with Gasteiger partial charge in [0.1, 0.15) is 5.82 Å². The van der Waals surface area contributed by atoms with Crippen LogP contribution < -0.4 is 10.6 Å². The largest absolute Gasteiger partial charge is 0.309 e. The average Bonchev–Trinajstić information content (AvgIpc) is 3.12. The third-order valence-corrected chi connectivity index (χ3v) is 5.80. The molecule has 1 aliphatic rings. The Balaban J connectivity index is 1.61. The molecule has 0 aliphatic heterocycles. The van der Waals surface area contributed by atoms with Crippen LogP contribution in [0.5, 0.6) is 0 Å². The van der Waals surface area contributed by atoms with Crippen LogP contribution in [0.4, 0.5) is 10.2 Å². The van der Waals surface area contributed by atoms with E-state index in [1.807, 2.05) is 0 Å². The van der Waals surface area contributed by atoms with E-state index in [9.17, 15) is 9.18 Å². The zero-order valence-corrected chi connectivity index (χ0v) is 17.5. The third-order valence-electron chi connectivity index (χ3n) is 5.06. The van der Waals surface area contributed by atoms with Gasteiger partial charge in [0.2, 0.25) is 5.96 Å². The number of aromatic nitrogens is 2. The van der Waals surface area contributed by atoms with E-state index in [-0.39, 0.29) is 23.7 Å². The van der Waals surface area contributed by atoms with Crippen molar-refractivity contribution in [1.82, 2.24) is 15.5 Å². The average molecular weight is 448 g/mol. The number of nitrogens with zero attached hydrogens (tertiary/aromatic N) is 2. The molecule has 0 unspecified atom stereocenters. The Hall–Kier alpha value is -2.64. The van der Waals surface area contributed by atoms with Gasteiger partial charge in [-0.3, -0.25) is 15.2 Å². The topological polar surface area (TPSA) is 82.2 Å². The molecule has 0 bridgehead atoms. The van der Waals surface area contributed by atoms with Gasteiger partial charge in [-0.2, -0.15) is 5.10 Å². The molecule has 1 saturated carbocycles. The lowest BCUT2D eigenvalue weighted by Crippen LogP contribution is -2.37. The van der Waals surface area contributed by atoms with Gasteiger partial charge in [-0.05, 0) is 49.2 Å². The predicted molar refractivity (Wildman–Crippen MR) is 118 cm³/mol. The quantitative estimate of drug-likeness (QED) is 0.364. The van der Waals surface area contributed by atoms with Gasteiger partial charge < -0.3 is 5.32 Å². The molecule has 1 fully saturated rings. The number of anilines is 1. The summed E-state index contributed by atoms with van der Waals surface area (Å²) in [5.41, 5.74) is 0.904. The molecule has 3 aromatic rings. The number of aromatic amines is 1. The summed E-state index contributed by atoms with van der Waals surface area (Å²) in [5, 5.41) is 14.2. The van der Waals surface area contributed by atoms with Crippen LogP contribution in [-0.4, -0.2) is 28.1 Å². The van der Waals surface area contributed by atoms with E-state index in [0.29, 0.717) is 32.3 Å². The summed E-state index contributed by atoms with van der Waals surface area (Å²) in [5.74, 6) is 0.00734. The first-order valence-electron chi connectivity index (χ1n) is 9.74. The summed E-state index contributed by atoms with van der Waals surface area (Å²) in [6.07, 6.45) is 5.32. The maximum Gasteiger partial charge on any atom is 0.258 e. The van der Waals surface area contributed by atoms with Gasteiger partial charge in [0, 0.05) is 10.9 Å². The van der Waals surface area contributed by atoms with Gasteiger partial charge in [0.15, 0.2) is 5.82 Å². The Morgan fingerprint density at radius 2 is 1.90 bits per heavy atom. The maximum atomic E-state index is 13.5. The van der Waals surface area contributed by atoms with E-state index >= 15 is 0 Å². The van der Waals surface area contributed by atoms with Crippen molar-refractivity contribution in [3.8, 4) is 0 Å². The van der Waals surface area contributed by atoms with Crippen LogP contribution in [0, 0.1) is 5.82 Å². The standard InChI is InChI=1S/C21H20Cl2FN5O/c22-16-9-6-12(10-17(16)23)20(30)27-21(25-14-4-2-1-3-5-14)26-19-15-8-7-13(24)11-18(15)28-29-19/h6-11,14H,1-5H2,(H3,25,26,27,28,29,30). The number of H-pyrrole nitrogens is 1. The SMILES string of the molecule is O=C(NC(=NC1CCCCC1)Nc1n[nH]c2cc(F)ccc12)c1ccc(Cl)c(Cl)c1. The lowest BCUT2D eigenvalue weighted by molar-refractivity contribution is 0.0977. The second-order valence-electron chi connectivity index (χ2n) is 7.24. The molecule has 6 nitrogen and oxygen atoms in total. The highest BCUT2D eigenvalue weighted by Gasteiger charge is 2.18. The second kappa shape index (κ2) is 9.02. The van der Waals surface area contributed by atoms with Crippen LogP contribution in [0.15, 0.2) is 41.4 Å². The number of carbonyl (C=O) groups is 1. The maximum absolute atomic E-state index is 13.5. The molecule has 1 heterocycles. The Labute approximate surface area is 182 Å². The fraction of sp³-hybridized carbons (Fsp3) is 0.286. The highest BCUT2D eigenvalue weighted by molar-refractivity contribution is 6.42. The van der Waals surface area contributed by atoms with Crippen LogP contribution in [-0.2, 0) is 0 Å². The highest BCUT2D eigenvalue weighted by atomic mass is 35.5. The zero-order chi connectivity index (χ0) is 21.1. The minimum atomic E-state index is -0.374. The first-order valence-corrected chi connectivity index (χ1v) is 10.5. The first-order chi connectivity index (χ1) is 14.5. The lowest BCUT2D eigenvalue weighted by Gasteiger charge is -2.20. The number of hydrogen-bond donors (Lipinski definition) is 3. The van der Waals surface area contributed by atoms with Crippen molar-refractivity contribution in [3.05, 3.63) is 57.8 Å². The number of nitrogens with one attached hydrogen (secondary N) is 3. The molecule has 1 aliphatic carbocycles. The third kappa shape index (κ3) is 4.74. The lowest BCUT2D eigenvalue weighted by atomic mass is 9.96. The van der Waals surface area contributed by atoms with E-state index in [4.69, 9.17) is 28.2 Å². The van der Waals surface area contributed by atoms with Crippen molar-refractivity contribution in [2.24, 2.45) is 4.99 Å². The Bertz CT molecular complexity index is 1110. The zero-order valence-electron chi connectivity index (χ0n) is 16.0. The molecule has 3 N–H and O–H groups in total. The van der Waals surface area contributed by atoms with Crippen LogP contribution in [0.3, 0.4) is 0 Å². The van der Waals surface area contributed by atoms with Gasteiger partial charge >= 0.3 is 0 Å². The molecule has 0 spiro atoms. The molecule has 1 aromatic heterocycles. The molecule has 9 heteroatoms. The highest BCUT2D eigenvalue weighted by Crippen LogP contribution is 2.24. The van der Waals surface area contributed by atoms with Gasteiger partial charge in [-0.25, -0.2) is 9.38 Å². The number of halogens is 3. The molecule has 2 aromatic carbocycles. The summed E-state index contributed by atoms with van der Waals surface area (Å²) >= 11 is 12.0. The second-order valence-corrected chi connectivity index (χ2v) is 8.05. The van der Waals surface area contributed by atoms with E-state index in [1.165, 1.54) is 24.6 Å². The first kappa shape index (κ1) is 20.6. The molecule has 156 valence electrons. The summed E-state index contributed by atoms with van der Waals surface area (Å²) in [6, 6.07) is 9.11. The van der Waals surface area contributed by atoms with Crippen molar-refractivity contribution in [3.63, 3.8) is 0 Å². The summed E-state index contributed by atoms with van der Waals surface area (Å²) in [7, 11) is 0. The van der Waals surface area contributed by atoms with Gasteiger partial charge in [-0.15, -0.1) is 0 Å². The predicted octanol–water partition coefficient (Wildman–Crippen LogP) is 5.54. The summed E-state index contributed by atoms with van der Waals surface area (Å²) in [6.45, 7) is 0. The molecule has 0 saturated heterocycles. The van der Waals surface area contributed by atoms with Crippen LogP contribution >= 0.6 is 23.2 Å². The van der Waals surface area contributed by atoms with Crippen LogP contribution in [0.1, 0.15) is 42.5 Å². The van der Waals surface area contributed by atoms with Crippen molar-refractivity contribution in [2.45, 2.75) is 38.1 Å². The van der Waals surface area contributed by atoms with Crippen molar-refractivity contribution in [1.29, 1.82) is 0 Å². The number of carbonyl (C=O) groups excluding carboxylic acids is 1. The molecule has 0 radical (unpaired) electrons. The Morgan fingerprint density at radius 1 is 1.10 bits per heavy atom. The Morgan fingerprint density at radius 3 is 2.67 bits per heavy atom. The normalized spacial score (nSPS) is 15.4. The fourth-order valence-corrected chi connectivity index (χ4v) is 3.80. The van der Waals surface area contributed by atoms with Crippen LogP contribution in [0.2, 0.25) is 10.0 Å². The van der Waals surface area contributed by atoms with Crippen molar-refractivity contribution in [2.75, 3.05) is 5.32 Å². The number of guanidine groups is 1. The van der Waals surface area contributed by atoms with Gasteiger partial charge in [-0.1, -0.05) is 42.5 Å². The van der Waals surface area contributed by atoms with E-state index in [1.54, 1.807) is 18.2 Å². The number of rotatable bonds is 3. The summed E-state index contributed by atoms with van der Waals surface area (Å²) < 4.78 is 13.5. The molecule has 1 amide bonds. The molecule has 4 rings (SSSR count). The van der Waals surface area contributed by atoms with Gasteiger partial charge in [0.25, 0.3) is 5.91 Å². The number of fused-ring (bicyclic) bond motifs is 1. The number of amides is 1. The Kier molecular flexibility index (Phi) is 6.20. The number of benzene rings is 2. The molecular weight excluding hydrogens is 428 g/mol. The monoisotopic (exact) mass is 447 g/mol. The van der Waals surface area contributed by atoms with Crippen LogP contribution in [0.25, 0.3) is 10.9 Å².